The summed E-state index contributed by atoms with van der Waals surface area (Å²) < 4.78 is 27.1. The van der Waals surface area contributed by atoms with Gasteiger partial charge in [-0.1, -0.05) is 12.1 Å². The van der Waals surface area contributed by atoms with Crippen LogP contribution >= 0.6 is 0 Å². The summed E-state index contributed by atoms with van der Waals surface area (Å²) in [5.41, 5.74) is 1.01. The molecular formula is C14H20N2O2S. The van der Waals surface area contributed by atoms with Crippen LogP contribution in [0.15, 0.2) is 29.2 Å². The van der Waals surface area contributed by atoms with Crippen LogP contribution in [0.1, 0.15) is 24.8 Å². The molecule has 1 N–H and O–H groups in total. The number of benzene rings is 1. The van der Waals surface area contributed by atoms with Crippen LogP contribution in [0, 0.1) is 5.92 Å². The Bertz CT molecular complexity index is 571. The van der Waals surface area contributed by atoms with Crippen LogP contribution in [0.2, 0.25) is 0 Å². The molecule has 1 saturated carbocycles. The highest BCUT2D eigenvalue weighted by Gasteiger charge is 2.44. The molecule has 2 atom stereocenters. The number of nitrogens with zero attached hydrogens (tertiary/aromatic N) is 1. The Kier molecular flexibility index (Phi) is 3.37. The highest BCUT2D eigenvalue weighted by Crippen LogP contribution is 2.40. The predicted octanol–water partition coefficient (Wildman–Crippen LogP) is 1.58. The topological polar surface area (TPSA) is 49.4 Å². The van der Waals surface area contributed by atoms with Gasteiger partial charge in [-0.3, -0.25) is 0 Å². The minimum absolute atomic E-state index is 0.239. The monoisotopic (exact) mass is 280 g/mol. The maximum atomic E-state index is 12.7. The zero-order valence-corrected chi connectivity index (χ0v) is 12.0. The molecule has 0 aromatic heterocycles. The lowest BCUT2D eigenvalue weighted by Gasteiger charge is -2.26. The van der Waals surface area contributed by atoms with E-state index in [9.17, 15) is 8.42 Å². The van der Waals surface area contributed by atoms with E-state index in [1.165, 1.54) is 6.42 Å². The van der Waals surface area contributed by atoms with E-state index >= 15 is 0 Å². The molecule has 0 spiro atoms. The van der Waals surface area contributed by atoms with Crippen molar-refractivity contribution in [3.63, 3.8) is 0 Å². The molecule has 2 unspecified atom stereocenters. The molecule has 104 valence electrons. The van der Waals surface area contributed by atoms with Gasteiger partial charge in [0.15, 0.2) is 0 Å². The minimum Gasteiger partial charge on any atom is -0.316 e. The fourth-order valence-electron chi connectivity index (χ4n) is 3.33. The zero-order valence-electron chi connectivity index (χ0n) is 11.2. The van der Waals surface area contributed by atoms with E-state index in [1.807, 2.05) is 19.2 Å². The third-order valence-electron chi connectivity index (χ3n) is 4.24. The summed E-state index contributed by atoms with van der Waals surface area (Å²) in [5, 5.41) is 3.05. The van der Waals surface area contributed by atoms with Gasteiger partial charge in [-0.2, -0.15) is 4.31 Å². The highest BCUT2D eigenvalue weighted by atomic mass is 32.2. The second-order valence-electron chi connectivity index (χ2n) is 5.59. The number of piperidine rings is 1. The molecule has 0 radical (unpaired) electrons. The smallest absolute Gasteiger partial charge is 0.243 e. The fourth-order valence-corrected chi connectivity index (χ4v) is 5.14. The largest absolute Gasteiger partial charge is 0.316 e. The van der Waals surface area contributed by atoms with Gasteiger partial charge in [-0.25, -0.2) is 8.42 Å². The first-order valence-electron chi connectivity index (χ1n) is 6.86. The maximum absolute atomic E-state index is 12.7. The number of fused-ring (bicyclic) bond motifs is 2. The van der Waals surface area contributed by atoms with E-state index in [2.05, 4.69) is 5.32 Å². The van der Waals surface area contributed by atoms with Crippen molar-refractivity contribution >= 4 is 10.0 Å². The molecule has 1 heterocycles. The Morgan fingerprint density at radius 3 is 2.84 bits per heavy atom. The van der Waals surface area contributed by atoms with Gasteiger partial charge in [-0.15, -0.1) is 0 Å². The van der Waals surface area contributed by atoms with Gasteiger partial charge in [0, 0.05) is 19.1 Å². The lowest BCUT2D eigenvalue weighted by molar-refractivity contribution is 0.333. The van der Waals surface area contributed by atoms with Gasteiger partial charge in [-0.05, 0) is 49.9 Å². The van der Waals surface area contributed by atoms with Crippen molar-refractivity contribution in [2.45, 2.75) is 36.7 Å². The first-order chi connectivity index (χ1) is 9.11. The third-order valence-corrected chi connectivity index (χ3v) is 6.16. The Balaban J connectivity index is 1.90. The lowest BCUT2D eigenvalue weighted by atomic mass is 10.1. The Morgan fingerprint density at radius 1 is 1.37 bits per heavy atom. The van der Waals surface area contributed by atoms with E-state index in [0.29, 0.717) is 23.9 Å². The molecule has 3 rings (SSSR count). The number of sulfonamides is 1. The van der Waals surface area contributed by atoms with Gasteiger partial charge < -0.3 is 5.32 Å². The molecule has 1 aliphatic carbocycles. The van der Waals surface area contributed by atoms with Gasteiger partial charge >= 0.3 is 0 Å². The van der Waals surface area contributed by atoms with Gasteiger partial charge in [0.25, 0.3) is 0 Å². The summed E-state index contributed by atoms with van der Waals surface area (Å²) in [7, 11) is -1.44. The molecule has 5 heteroatoms. The van der Waals surface area contributed by atoms with Crippen LogP contribution in [-0.4, -0.2) is 32.4 Å². The molecule has 0 amide bonds. The molecule has 1 aromatic carbocycles. The van der Waals surface area contributed by atoms with E-state index < -0.39 is 10.0 Å². The van der Waals surface area contributed by atoms with E-state index in [-0.39, 0.29) is 6.04 Å². The Labute approximate surface area is 114 Å². The minimum atomic E-state index is -3.30. The van der Waals surface area contributed by atoms with Crippen LogP contribution in [0.4, 0.5) is 0 Å². The van der Waals surface area contributed by atoms with Crippen molar-refractivity contribution < 1.29 is 8.42 Å². The molecular weight excluding hydrogens is 260 g/mol. The van der Waals surface area contributed by atoms with Crippen LogP contribution in [0.5, 0.6) is 0 Å². The van der Waals surface area contributed by atoms with Crippen LogP contribution in [-0.2, 0) is 16.6 Å². The van der Waals surface area contributed by atoms with Gasteiger partial charge in [0.1, 0.15) is 0 Å². The Morgan fingerprint density at radius 2 is 2.21 bits per heavy atom. The predicted molar refractivity (Wildman–Crippen MR) is 74.2 cm³/mol. The standard InChI is InChI=1S/C14H20N2O2S/c1-15-9-11-3-2-4-14(8-11)19(17,18)16-10-12-5-6-13(16)7-12/h2-4,8,12-13,15H,5-7,9-10H2,1H3. The number of hydrogen-bond acceptors (Lipinski definition) is 3. The molecule has 2 aliphatic rings. The molecule has 1 aromatic rings. The van der Waals surface area contributed by atoms with E-state index in [0.717, 1.165) is 18.4 Å². The number of rotatable bonds is 4. The second kappa shape index (κ2) is 4.89. The number of hydrogen-bond donors (Lipinski definition) is 1. The first kappa shape index (κ1) is 13.1. The maximum Gasteiger partial charge on any atom is 0.243 e. The van der Waals surface area contributed by atoms with E-state index in [1.54, 1.807) is 16.4 Å². The van der Waals surface area contributed by atoms with Crippen LogP contribution in [0.25, 0.3) is 0 Å². The second-order valence-corrected chi connectivity index (χ2v) is 7.48. The average Bonchev–Trinajstić information content (AvgIpc) is 3.02. The zero-order chi connectivity index (χ0) is 13.5. The fraction of sp³-hybridized carbons (Fsp3) is 0.571. The molecule has 1 saturated heterocycles. The van der Waals surface area contributed by atoms with Crippen molar-refractivity contribution in [3.8, 4) is 0 Å². The highest BCUT2D eigenvalue weighted by molar-refractivity contribution is 7.89. The van der Waals surface area contributed by atoms with Crippen molar-refractivity contribution in [1.29, 1.82) is 0 Å². The molecule has 1 aliphatic heterocycles. The Hall–Kier alpha value is -0.910. The molecule has 19 heavy (non-hydrogen) atoms. The normalized spacial score (nSPS) is 27.0. The summed E-state index contributed by atoms with van der Waals surface area (Å²) in [4.78, 5) is 0.438. The van der Waals surface area contributed by atoms with Crippen LogP contribution in [0.3, 0.4) is 0 Å². The molecule has 4 nitrogen and oxygen atoms in total. The van der Waals surface area contributed by atoms with Crippen molar-refractivity contribution in [2.75, 3.05) is 13.6 Å². The molecule has 2 fully saturated rings. The lowest BCUT2D eigenvalue weighted by Crippen LogP contribution is -2.37. The summed E-state index contributed by atoms with van der Waals surface area (Å²) in [6.07, 6.45) is 3.27. The summed E-state index contributed by atoms with van der Waals surface area (Å²) in [6.45, 7) is 1.40. The van der Waals surface area contributed by atoms with Crippen molar-refractivity contribution in [1.82, 2.24) is 9.62 Å². The quantitative estimate of drug-likeness (QED) is 0.911. The van der Waals surface area contributed by atoms with Crippen molar-refractivity contribution in [2.24, 2.45) is 5.92 Å². The number of nitrogens with one attached hydrogen (secondary N) is 1. The molecule has 2 bridgehead atoms. The third kappa shape index (κ3) is 2.30. The first-order valence-corrected chi connectivity index (χ1v) is 8.30. The summed E-state index contributed by atoms with van der Waals surface area (Å²) in [5.74, 6) is 0.584. The summed E-state index contributed by atoms with van der Waals surface area (Å²) in [6, 6.07) is 7.51. The average molecular weight is 280 g/mol. The SMILES string of the molecule is CNCc1cccc(S(=O)(=O)N2CC3CCC2C3)c1. The van der Waals surface area contributed by atoms with Crippen LogP contribution < -0.4 is 5.32 Å². The summed E-state index contributed by atoms with van der Waals surface area (Å²) >= 11 is 0. The van der Waals surface area contributed by atoms with Gasteiger partial charge in [0.05, 0.1) is 4.90 Å². The van der Waals surface area contributed by atoms with E-state index in [4.69, 9.17) is 0 Å². The van der Waals surface area contributed by atoms with Gasteiger partial charge in [0.2, 0.25) is 10.0 Å². The van der Waals surface area contributed by atoms with Crippen molar-refractivity contribution in [3.05, 3.63) is 29.8 Å².